The molecule has 0 saturated heterocycles. The van der Waals surface area contributed by atoms with Gasteiger partial charge in [0.15, 0.2) is 0 Å². The van der Waals surface area contributed by atoms with Crippen molar-refractivity contribution in [3.63, 3.8) is 0 Å². The van der Waals surface area contributed by atoms with Crippen molar-refractivity contribution >= 4 is 5.95 Å². The van der Waals surface area contributed by atoms with Crippen LogP contribution in [0.25, 0.3) is 11.1 Å². The van der Waals surface area contributed by atoms with Crippen LogP contribution in [0.1, 0.15) is 16.8 Å². The number of anilines is 1. The van der Waals surface area contributed by atoms with E-state index in [0.29, 0.717) is 18.5 Å². The van der Waals surface area contributed by atoms with Gasteiger partial charge in [-0.15, -0.1) is 0 Å². The first-order valence-corrected chi connectivity index (χ1v) is 8.68. The molecule has 0 radical (unpaired) electrons. The van der Waals surface area contributed by atoms with Gasteiger partial charge < -0.3 is 10.8 Å². The summed E-state index contributed by atoms with van der Waals surface area (Å²) in [6, 6.07) is 18.1. The maximum absolute atomic E-state index is 11.8. The predicted octanol–water partition coefficient (Wildman–Crippen LogP) is 2.35. The standard InChI is InChI=1S/C21H23N3O2/c1-24-20(26)14-19(23-21(24)22)9-8-15-4-2-6-17(12-15)18-7-3-5-16(13-18)10-11-25/h2-7,12-14,25H,8-11H2,1H3,(H2,22,23). The van der Waals surface area contributed by atoms with Gasteiger partial charge in [0, 0.05) is 19.7 Å². The number of aliphatic hydroxyl groups is 1. The van der Waals surface area contributed by atoms with E-state index < -0.39 is 0 Å². The second-order valence-corrected chi connectivity index (χ2v) is 6.38. The van der Waals surface area contributed by atoms with Crippen LogP contribution in [0.2, 0.25) is 0 Å². The Bertz CT molecular complexity index is 963. The summed E-state index contributed by atoms with van der Waals surface area (Å²) in [4.78, 5) is 16.1. The van der Waals surface area contributed by atoms with E-state index in [4.69, 9.17) is 10.8 Å². The fourth-order valence-electron chi connectivity index (χ4n) is 2.95. The van der Waals surface area contributed by atoms with E-state index in [9.17, 15) is 4.79 Å². The Morgan fingerprint density at radius 2 is 1.58 bits per heavy atom. The zero-order valence-corrected chi connectivity index (χ0v) is 14.9. The Morgan fingerprint density at radius 3 is 2.15 bits per heavy atom. The highest BCUT2D eigenvalue weighted by molar-refractivity contribution is 5.65. The number of hydrogen-bond donors (Lipinski definition) is 2. The third kappa shape index (κ3) is 4.18. The van der Waals surface area contributed by atoms with E-state index in [1.807, 2.05) is 18.2 Å². The summed E-state index contributed by atoms with van der Waals surface area (Å²) < 4.78 is 1.34. The third-order valence-electron chi connectivity index (χ3n) is 4.48. The molecule has 5 heteroatoms. The highest BCUT2D eigenvalue weighted by Gasteiger charge is 2.05. The third-order valence-corrected chi connectivity index (χ3v) is 4.48. The van der Waals surface area contributed by atoms with E-state index in [2.05, 4.69) is 35.3 Å². The zero-order valence-electron chi connectivity index (χ0n) is 14.9. The summed E-state index contributed by atoms with van der Waals surface area (Å²) in [5.74, 6) is 0.238. The summed E-state index contributed by atoms with van der Waals surface area (Å²) in [7, 11) is 1.61. The smallest absolute Gasteiger partial charge is 0.254 e. The van der Waals surface area contributed by atoms with E-state index >= 15 is 0 Å². The number of aryl methyl sites for hydroxylation is 2. The van der Waals surface area contributed by atoms with E-state index in [1.165, 1.54) is 10.1 Å². The molecule has 5 nitrogen and oxygen atoms in total. The fourth-order valence-corrected chi connectivity index (χ4v) is 2.95. The number of nitrogens with zero attached hydrogens (tertiary/aromatic N) is 2. The topological polar surface area (TPSA) is 81.1 Å². The van der Waals surface area contributed by atoms with Crippen LogP contribution in [0.3, 0.4) is 0 Å². The number of benzene rings is 2. The molecule has 0 saturated carbocycles. The molecule has 0 aliphatic heterocycles. The summed E-state index contributed by atoms with van der Waals surface area (Å²) in [6.45, 7) is 0.149. The zero-order chi connectivity index (χ0) is 18.5. The van der Waals surface area contributed by atoms with Crippen molar-refractivity contribution in [1.82, 2.24) is 9.55 Å². The van der Waals surface area contributed by atoms with Crippen LogP contribution >= 0.6 is 0 Å². The molecule has 0 fully saturated rings. The number of aliphatic hydroxyl groups excluding tert-OH is 1. The average Bonchev–Trinajstić information content (AvgIpc) is 2.65. The van der Waals surface area contributed by atoms with Gasteiger partial charge >= 0.3 is 0 Å². The lowest BCUT2D eigenvalue weighted by Gasteiger charge is -2.08. The van der Waals surface area contributed by atoms with Gasteiger partial charge in [-0.1, -0.05) is 48.5 Å². The number of hydrogen-bond acceptors (Lipinski definition) is 4. The molecular weight excluding hydrogens is 326 g/mol. The minimum atomic E-state index is -0.137. The monoisotopic (exact) mass is 349 g/mol. The molecule has 0 amide bonds. The summed E-state index contributed by atoms with van der Waals surface area (Å²) in [5.41, 5.74) is 10.9. The minimum Gasteiger partial charge on any atom is -0.396 e. The average molecular weight is 349 g/mol. The second kappa shape index (κ2) is 7.97. The van der Waals surface area contributed by atoms with Crippen LogP contribution in [0.5, 0.6) is 0 Å². The highest BCUT2D eigenvalue weighted by atomic mass is 16.2. The van der Waals surface area contributed by atoms with Crippen LogP contribution in [-0.4, -0.2) is 21.3 Å². The molecule has 0 aliphatic carbocycles. The Labute approximate surface area is 152 Å². The Hall–Kier alpha value is -2.92. The van der Waals surface area contributed by atoms with Gasteiger partial charge in [-0.3, -0.25) is 9.36 Å². The normalized spacial score (nSPS) is 10.8. The first-order chi connectivity index (χ1) is 12.6. The number of rotatable bonds is 6. The molecule has 0 bridgehead atoms. The van der Waals surface area contributed by atoms with Crippen molar-refractivity contribution in [2.45, 2.75) is 19.3 Å². The largest absolute Gasteiger partial charge is 0.396 e. The van der Waals surface area contributed by atoms with E-state index in [1.54, 1.807) is 13.1 Å². The lowest BCUT2D eigenvalue weighted by atomic mass is 9.98. The molecule has 26 heavy (non-hydrogen) atoms. The molecule has 134 valence electrons. The summed E-state index contributed by atoms with van der Waals surface area (Å²) in [5, 5.41) is 9.12. The highest BCUT2D eigenvalue weighted by Crippen LogP contribution is 2.22. The van der Waals surface area contributed by atoms with Gasteiger partial charge in [-0.05, 0) is 41.5 Å². The molecule has 0 atom stereocenters. The SMILES string of the molecule is Cn1c(N)nc(CCc2cccc(-c3cccc(CCO)c3)c2)cc1=O. The molecular formula is C21H23N3O2. The maximum atomic E-state index is 11.8. The van der Waals surface area contributed by atoms with Crippen molar-refractivity contribution < 1.29 is 5.11 Å². The fraction of sp³-hybridized carbons (Fsp3) is 0.238. The molecule has 3 rings (SSSR count). The van der Waals surface area contributed by atoms with Crippen LogP contribution in [-0.2, 0) is 26.3 Å². The van der Waals surface area contributed by atoms with Gasteiger partial charge in [0.05, 0.1) is 5.69 Å². The molecule has 1 aromatic heterocycles. The molecule has 0 spiro atoms. The van der Waals surface area contributed by atoms with Crippen molar-refractivity contribution in [2.75, 3.05) is 12.3 Å². The lowest BCUT2D eigenvalue weighted by molar-refractivity contribution is 0.299. The van der Waals surface area contributed by atoms with Crippen LogP contribution in [0, 0.1) is 0 Å². The van der Waals surface area contributed by atoms with Crippen LogP contribution in [0.15, 0.2) is 59.4 Å². The predicted molar refractivity (Wildman–Crippen MR) is 104 cm³/mol. The number of nitrogens with two attached hydrogens (primary N) is 1. The summed E-state index contributed by atoms with van der Waals surface area (Å²) >= 11 is 0. The Kier molecular flexibility index (Phi) is 5.49. The van der Waals surface area contributed by atoms with Crippen LogP contribution in [0.4, 0.5) is 5.95 Å². The van der Waals surface area contributed by atoms with Gasteiger partial charge in [0.25, 0.3) is 5.56 Å². The maximum Gasteiger partial charge on any atom is 0.254 e. The van der Waals surface area contributed by atoms with Crippen molar-refractivity contribution in [3.05, 3.63) is 81.8 Å². The Balaban J connectivity index is 1.77. The van der Waals surface area contributed by atoms with Crippen LogP contribution < -0.4 is 11.3 Å². The Morgan fingerprint density at radius 1 is 0.962 bits per heavy atom. The van der Waals surface area contributed by atoms with Crippen molar-refractivity contribution in [1.29, 1.82) is 0 Å². The quantitative estimate of drug-likeness (QED) is 0.716. The first-order valence-electron chi connectivity index (χ1n) is 8.68. The van der Waals surface area contributed by atoms with Crippen molar-refractivity contribution in [3.8, 4) is 11.1 Å². The molecule has 3 N–H and O–H groups in total. The first kappa shape index (κ1) is 17.9. The van der Waals surface area contributed by atoms with Crippen molar-refractivity contribution in [2.24, 2.45) is 7.05 Å². The molecule has 3 aromatic rings. The summed E-state index contributed by atoms with van der Waals surface area (Å²) in [6.07, 6.45) is 2.10. The molecule has 0 aliphatic rings. The van der Waals surface area contributed by atoms with E-state index in [-0.39, 0.29) is 18.1 Å². The van der Waals surface area contributed by atoms with E-state index in [0.717, 1.165) is 23.1 Å². The number of nitrogen functional groups attached to an aromatic ring is 1. The molecule has 1 heterocycles. The van der Waals surface area contributed by atoms with Gasteiger partial charge in [-0.25, -0.2) is 4.98 Å². The van der Waals surface area contributed by atoms with Gasteiger partial charge in [0.2, 0.25) is 5.95 Å². The number of aromatic nitrogens is 2. The lowest BCUT2D eigenvalue weighted by Crippen LogP contribution is -2.21. The molecule has 2 aromatic carbocycles. The minimum absolute atomic E-state index is 0.137. The molecule has 0 unspecified atom stereocenters. The van der Waals surface area contributed by atoms with Gasteiger partial charge in [0.1, 0.15) is 0 Å². The second-order valence-electron chi connectivity index (χ2n) is 6.38. The van der Waals surface area contributed by atoms with Gasteiger partial charge in [-0.2, -0.15) is 0 Å².